The van der Waals surface area contributed by atoms with Crippen LogP contribution in [0.5, 0.6) is 5.88 Å². The SMILES string of the molecule is CCC(=O)N1CCC(NC(=NC)NCc2cccnc2OCCOC)C1.I. The Morgan fingerprint density at radius 3 is 2.96 bits per heavy atom. The zero-order chi connectivity index (χ0) is 18.8. The van der Waals surface area contributed by atoms with Gasteiger partial charge >= 0.3 is 0 Å². The normalized spacial score (nSPS) is 16.6. The van der Waals surface area contributed by atoms with E-state index in [4.69, 9.17) is 9.47 Å². The summed E-state index contributed by atoms with van der Waals surface area (Å²) < 4.78 is 10.7. The number of aliphatic imine (C=N–C) groups is 1. The minimum absolute atomic E-state index is 0. The Kier molecular flexibility index (Phi) is 11.0. The molecule has 2 heterocycles. The number of aromatic nitrogens is 1. The van der Waals surface area contributed by atoms with Gasteiger partial charge in [-0.1, -0.05) is 13.0 Å². The highest BCUT2D eigenvalue weighted by atomic mass is 127. The second-order valence-corrected chi connectivity index (χ2v) is 6.06. The van der Waals surface area contributed by atoms with Crippen molar-refractivity contribution in [2.75, 3.05) is 40.5 Å². The number of nitrogens with one attached hydrogen (secondary N) is 2. The number of halogens is 1. The van der Waals surface area contributed by atoms with Crippen LogP contribution in [-0.2, 0) is 16.1 Å². The van der Waals surface area contributed by atoms with Gasteiger partial charge in [0.2, 0.25) is 11.8 Å². The Labute approximate surface area is 178 Å². The standard InChI is InChI=1S/C18H29N5O3.HI/c1-4-16(24)23-9-7-15(13-23)22-18(19-2)21-12-14-6-5-8-20-17(14)26-11-10-25-3;/h5-6,8,15H,4,7,9-13H2,1-3H3,(H2,19,21,22);1H. The van der Waals surface area contributed by atoms with E-state index in [-0.39, 0.29) is 35.9 Å². The van der Waals surface area contributed by atoms with Crippen molar-refractivity contribution in [2.24, 2.45) is 4.99 Å². The van der Waals surface area contributed by atoms with Crippen molar-refractivity contribution in [1.82, 2.24) is 20.5 Å². The molecule has 1 unspecified atom stereocenters. The Bertz CT molecular complexity index is 614. The lowest BCUT2D eigenvalue weighted by Gasteiger charge is -2.19. The van der Waals surface area contributed by atoms with E-state index >= 15 is 0 Å². The van der Waals surface area contributed by atoms with Gasteiger partial charge in [0, 0.05) is 58.0 Å². The zero-order valence-electron chi connectivity index (χ0n) is 16.2. The summed E-state index contributed by atoms with van der Waals surface area (Å²) in [5, 5.41) is 6.67. The van der Waals surface area contributed by atoms with Crippen LogP contribution in [0, 0.1) is 0 Å². The quantitative estimate of drug-likeness (QED) is 0.248. The lowest BCUT2D eigenvalue weighted by molar-refractivity contribution is -0.129. The lowest BCUT2D eigenvalue weighted by Crippen LogP contribution is -2.44. The van der Waals surface area contributed by atoms with E-state index in [1.54, 1.807) is 20.4 Å². The second kappa shape index (κ2) is 12.7. The van der Waals surface area contributed by atoms with Crippen LogP contribution < -0.4 is 15.4 Å². The summed E-state index contributed by atoms with van der Waals surface area (Å²) in [4.78, 5) is 22.2. The van der Waals surface area contributed by atoms with Gasteiger partial charge in [-0.05, 0) is 12.5 Å². The fourth-order valence-corrected chi connectivity index (χ4v) is 2.81. The zero-order valence-corrected chi connectivity index (χ0v) is 18.6. The number of nitrogens with zero attached hydrogens (tertiary/aromatic N) is 3. The van der Waals surface area contributed by atoms with E-state index in [9.17, 15) is 4.79 Å². The number of methoxy groups -OCH3 is 1. The first kappa shape index (κ1) is 23.4. The third-order valence-corrected chi connectivity index (χ3v) is 4.23. The number of likely N-dealkylation sites (tertiary alicyclic amines) is 1. The molecule has 2 rings (SSSR count). The third-order valence-electron chi connectivity index (χ3n) is 4.23. The molecule has 1 aromatic rings. The van der Waals surface area contributed by atoms with Crippen molar-refractivity contribution in [1.29, 1.82) is 0 Å². The fourth-order valence-electron chi connectivity index (χ4n) is 2.81. The van der Waals surface area contributed by atoms with Crippen molar-refractivity contribution < 1.29 is 14.3 Å². The van der Waals surface area contributed by atoms with Gasteiger partial charge in [-0.3, -0.25) is 9.79 Å². The maximum absolute atomic E-state index is 11.8. The third kappa shape index (κ3) is 7.49. The summed E-state index contributed by atoms with van der Waals surface area (Å²) in [6.45, 7) is 4.91. The molecule has 1 saturated heterocycles. The molecule has 0 bridgehead atoms. The van der Waals surface area contributed by atoms with Crippen LogP contribution in [0.3, 0.4) is 0 Å². The molecule has 0 aliphatic carbocycles. The van der Waals surface area contributed by atoms with Gasteiger partial charge in [-0.2, -0.15) is 0 Å². The Hall–Kier alpha value is -1.62. The van der Waals surface area contributed by atoms with Crippen molar-refractivity contribution >= 4 is 35.8 Å². The van der Waals surface area contributed by atoms with E-state index < -0.39 is 0 Å². The number of carbonyl (C=O) groups is 1. The predicted octanol–water partition coefficient (Wildman–Crippen LogP) is 1.40. The lowest BCUT2D eigenvalue weighted by atomic mass is 10.2. The van der Waals surface area contributed by atoms with E-state index in [0.717, 1.165) is 18.5 Å². The summed E-state index contributed by atoms with van der Waals surface area (Å²) in [6, 6.07) is 4.05. The average Bonchev–Trinajstić information content (AvgIpc) is 3.14. The Balaban J connectivity index is 0.00000364. The molecule has 1 aromatic heterocycles. The molecule has 9 heteroatoms. The maximum atomic E-state index is 11.8. The first-order chi connectivity index (χ1) is 12.7. The van der Waals surface area contributed by atoms with Crippen LogP contribution in [0.1, 0.15) is 25.3 Å². The number of guanidine groups is 1. The van der Waals surface area contributed by atoms with Gasteiger partial charge in [0.1, 0.15) is 6.61 Å². The van der Waals surface area contributed by atoms with Crippen LogP contribution in [0.25, 0.3) is 0 Å². The molecule has 8 nitrogen and oxygen atoms in total. The van der Waals surface area contributed by atoms with Crippen LogP contribution in [-0.4, -0.2) is 68.3 Å². The van der Waals surface area contributed by atoms with E-state index in [0.29, 0.717) is 44.6 Å². The fraction of sp³-hybridized carbons (Fsp3) is 0.611. The molecule has 1 atom stereocenters. The highest BCUT2D eigenvalue weighted by Crippen LogP contribution is 2.14. The Morgan fingerprint density at radius 2 is 2.26 bits per heavy atom. The summed E-state index contributed by atoms with van der Waals surface area (Å²) in [7, 11) is 3.37. The highest BCUT2D eigenvalue weighted by Gasteiger charge is 2.25. The second-order valence-electron chi connectivity index (χ2n) is 6.06. The number of ether oxygens (including phenoxy) is 2. The van der Waals surface area contributed by atoms with Gasteiger partial charge in [0.15, 0.2) is 5.96 Å². The Morgan fingerprint density at radius 1 is 1.44 bits per heavy atom. The van der Waals surface area contributed by atoms with E-state index in [1.807, 2.05) is 24.0 Å². The van der Waals surface area contributed by atoms with Crippen LogP contribution >= 0.6 is 24.0 Å². The topological polar surface area (TPSA) is 88.1 Å². The minimum atomic E-state index is 0. The molecule has 1 fully saturated rings. The molecule has 1 aliphatic rings. The van der Waals surface area contributed by atoms with Crippen molar-refractivity contribution in [3.8, 4) is 5.88 Å². The molecule has 0 radical (unpaired) electrons. The number of hydrogen-bond donors (Lipinski definition) is 2. The van der Waals surface area contributed by atoms with E-state index in [2.05, 4.69) is 20.6 Å². The van der Waals surface area contributed by atoms with Crippen molar-refractivity contribution in [3.63, 3.8) is 0 Å². The molecule has 2 N–H and O–H groups in total. The van der Waals surface area contributed by atoms with Gasteiger partial charge in [0.25, 0.3) is 0 Å². The number of rotatable bonds is 8. The summed E-state index contributed by atoms with van der Waals surface area (Å²) in [5.74, 6) is 1.49. The highest BCUT2D eigenvalue weighted by molar-refractivity contribution is 14.0. The molecule has 0 saturated carbocycles. The first-order valence-corrected chi connectivity index (χ1v) is 8.98. The summed E-state index contributed by atoms with van der Waals surface area (Å²) in [6.07, 6.45) is 3.17. The molecule has 1 aliphatic heterocycles. The van der Waals surface area contributed by atoms with Crippen molar-refractivity contribution in [2.45, 2.75) is 32.4 Å². The summed E-state index contributed by atoms with van der Waals surface area (Å²) >= 11 is 0. The molecule has 27 heavy (non-hydrogen) atoms. The number of pyridine rings is 1. The van der Waals surface area contributed by atoms with Gasteiger partial charge < -0.3 is 25.0 Å². The molecular weight excluding hydrogens is 461 g/mol. The smallest absolute Gasteiger partial charge is 0.222 e. The summed E-state index contributed by atoms with van der Waals surface area (Å²) in [5.41, 5.74) is 0.945. The first-order valence-electron chi connectivity index (χ1n) is 8.98. The van der Waals surface area contributed by atoms with Crippen LogP contribution in [0.2, 0.25) is 0 Å². The largest absolute Gasteiger partial charge is 0.475 e. The van der Waals surface area contributed by atoms with E-state index in [1.165, 1.54) is 0 Å². The van der Waals surface area contributed by atoms with Crippen molar-refractivity contribution in [3.05, 3.63) is 23.9 Å². The molecule has 0 aromatic carbocycles. The van der Waals surface area contributed by atoms with Gasteiger partial charge in [-0.15, -0.1) is 24.0 Å². The molecule has 0 spiro atoms. The molecular formula is C18H30IN5O3. The van der Waals surface area contributed by atoms with Gasteiger partial charge in [0.05, 0.1) is 6.61 Å². The van der Waals surface area contributed by atoms with Crippen LogP contribution in [0.4, 0.5) is 0 Å². The van der Waals surface area contributed by atoms with Gasteiger partial charge in [-0.25, -0.2) is 4.98 Å². The number of amides is 1. The van der Waals surface area contributed by atoms with Crippen LogP contribution in [0.15, 0.2) is 23.3 Å². The monoisotopic (exact) mass is 491 g/mol. The maximum Gasteiger partial charge on any atom is 0.222 e. The molecule has 1 amide bonds. The predicted molar refractivity (Wildman–Crippen MR) is 116 cm³/mol. The number of carbonyl (C=O) groups excluding carboxylic acids is 1. The minimum Gasteiger partial charge on any atom is -0.475 e. The molecule has 152 valence electrons. The number of hydrogen-bond acceptors (Lipinski definition) is 5. The average molecular weight is 491 g/mol.